The summed E-state index contributed by atoms with van der Waals surface area (Å²) in [6.45, 7) is -1.29. The average molecular weight is 432 g/mol. The lowest BCUT2D eigenvalue weighted by Gasteiger charge is -2.20. The molecule has 1 aliphatic heterocycles. The van der Waals surface area contributed by atoms with Gasteiger partial charge in [-0.3, -0.25) is 9.59 Å². The van der Waals surface area contributed by atoms with E-state index in [9.17, 15) is 36.6 Å². The summed E-state index contributed by atoms with van der Waals surface area (Å²) >= 11 is 0. The van der Waals surface area contributed by atoms with Crippen LogP contribution in [0.25, 0.3) is 0 Å². The molecule has 0 aliphatic carbocycles. The van der Waals surface area contributed by atoms with Crippen molar-refractivity contribution in [3.63, 3.8) is 0 Å². The number of aliphatic hydroxyl groups excluding tert-OH is 1. The van der Waals surface area contributed by atoms with Crippen molar-refractivity contribution in [1.82, 2.24) is 4.57 Å². The second-order valence-electron chi connectivity index (χ2n) is 6.82. The van der Waals surface area contributed by atoms with E-state index < -0.39 is 47.8 Å². The number of pyridine rings is 1. The van der Waals surface area contributed by atoms with Gasteiger partial charge in [0.05, 0.1) is 13.7 Å². The molecule has 0 saturated carbocycles. The zero-order valence-corrected chi connectivity index (χ0v) is 15.6. The number of alkyl halides is 3. The van der Waals surface area contributed by atoms with E-state index in [1.165, 1.54) is 19.2 Å². The van der Waals surface area contributed by atoms with Crippen molar-refractivity contribution in [3.8, 4) is 5.75 Å². The van der Waals surface area contributed by atoms with E-state index in [1.54, 1.807) is 0 Å². The van der Waals surface area contributed by atoms with Crippen LogP contribution in [0, 0.1) is 11.6 Å². The van der Waals surface area contributed by atoms with Crippen molar-refractivity contribution < 1.29 is 36.6 Å². The van der Waals surface area contributed by atoms with Crippen LogP contribution in [0.3, 0.4) is 0 Å². The highest BCUT2D eigenvalue weighted by molar-refractivity contribution is 5.96. The van der Waals surface area contributed by atoms with E-state index in [1.807, 2.05) is 0 Å². The van der Waals surface area contributed by atoms with Gasteiger partial charge >= 0.3 is 6.18 Å². The molecule has 1 aromatic heterocycles. The van der Waals surface area contributed by atoms with Gasteiger partial charge < -0.3 is 19.3 Å². The summed E-state index contributed by atoms with van der Waals surface area (Å²) in [6.07, 6.45) is -6.94. The number of aliphatic hydroxyl groups is 1. The smallest absolute Gasteiger partial charge is 0.416 e. The van der Waals surface area contributed by atoms with Gasteiger partial charge in [-0.15, -0.1) is 0 Å². The van der Waals surface area contributed by atoms with Crippen molar-refractivity contribution in [2.24, 2.45) is 0 Å². The lowest BCUT2D eigenvalue weighted by Crippen LogP contribution is -2.38. The molecule has 162 valence electrons. The summed E-state index contributed by atoms with van der Waals surface area (Å²) in [7, 11) is 1.24. The molecule has 0 spiro atoms. The first kappa shape index (κ1) is 21.8. The highest BCUT2D eigenvalue weighted by Gasteiger charge is 2.39. The summed E-state index contributed by atoms with van der Waals surface area (Å²) in [6, 6.07) is 4.41. The van der Waals surface area contributed by atoms with Gasteiger partial charge in [-0.2, -0.15) is 13.2 Å². The molecule has 2 unspecified atom stereocenters. The number of anilines is 1. The maximum Gasteiger partial charge on any atom is 0.416 e. The van der Waals surface area contributed by atoms with Crippen molar-refractivity contribution in [1.29, 1.82) is 0 Å². The fourth-order valence-electron chi connectivity index (χ4n) is 3.37. The van der Waals surface area contributed by atoms with Crippen molar-refractivity contribution in [2.75, 3.05) is 18.6 Å². The minimum absolute atomic E-state index is 0.0379. The quantitative estimate of drug-likeness (QED) is 0.738. The number of nitrogens with zero attached hydrogens (tertiary/aromatic N) is 2. The molecule has 0 bridgehead atoms. The van der Waals surface area contributed by atoms with Crippen LogP contribution < -0.4 is 15.2 Å². The van der Waals surface area contributed by atoms with E-state index >= 15 is 0 Å². The molecule has 1 aliphatic rings. The third-order valence-electron chi connectivity index (χ3n) is 4.86. The minimum atomic E-state index is -4.92. The number of ether oxygens (including phenoxy) is 1. The number of hydrogen-bond donors (Lipinski definition) is 1. The normalized spacial score (nSPS) is 18.0. The topological polar surface area (TPSA) is 71.8 Å². The first-order valence-electron chi connectivity index (χ1n) is 8.80. The first-order valence-corrected chi connectivity index (χ1v) is 8.80. The van der Waals surface area contributed by atoms with Crippen molar-refractivity contribution in [2.45, 2.75) is 31.2 Å². The molecule has 1 saturated heterocycles. The maximum absolute atomic E-state index is 14.4. The number of benzene rings is 1. The summed E-state index contributed by atoms with van der Waals surface area (Å²) in [5.41, 5.74) is -1.52. The largest absolute Gasteiger partial charge is 0.497 e. The Balaban J connectivity index is 1.89. The Hall–Kier alpha value is -2.95. The summed E-state index contributed by atoms with van der Waals surface area (Å²) < 4.78 is 71.9. The molecule has 0 radical (unpaired) electrons. The molecule has 2 aromatic rings. The zero-order valence-electron chi connectivity index (χ0n) is 15.6. The second-order valence-corrected chi connectivity index (χ2v) is 6.82. The van der Waals surface area contributed by atoms with E-state index in [2.05, 4.69) is 0 Å². The van der Waals surface area contributed by atoms with Gasteiger partial charge in [0, 0.05) is 42.8 Å². The third-order valence-corrected chi connectivity index (χ3v) is 4.86. The van der Waals surface area contributed by atoms with Crippen LogP contribution in [-0.4, -0.2) is 41.5 Å². The van der Waals surface area contributed by atoms with Crippen LogP contribution in [0.4, 0.5) is 27.6 Å². The van der Waals surface area contributed by atoms with Crippen LogP contribution in [0.15, 0.2) is 35.3 Å². The Morgan fingerprint density at radius 3 is 2.43 bits per heavy atom. The lowest BCUT2D eigenvalue weighted by molar-refractivity contribution is -0.207. The summed E-state index contributed by atoms with van der Waals surface area (Å²) in [4.78, 5) is 26.0. The second kappa shape index (κ2) is 8.05. The van der Waals surface area contributed by atoms with E-state index in [4.69, 9.17) is 4.74 Å². The number of methoxy groups -OCH3 is 1. The molecular weight excluding hydrogens is 415 g/mol. The molecule has 2 atom stereocenters. The van der Waals surface area contributed by atoms with Crippen molar-refractivity contribution in [3.05, 3.63) is 58.0 Å². The molecule has 6 nitrogen and oxygen atoms in total. The molecule has 30 heavy (non-hydrogen) atoms. The molecule has 1 aromatic carbocycles. The van der Waals surface area contributed by atoms with Crippen LogP contribution in [0.5, 0.6) is 5.75 Å². The Morgan fingerprint density at radius 2 is 1.87 bits per heavy atom. The highest BCUT2D eigenvalue weighted by Crippen LogP contribution is 2.35. The van der Waals surface area contributed by atoms with Gasteiger partial charge in [0.15, 0.2) is 6.10 Å². The molecule has 2 heterocycles. The molecule has 1 N–H and O–H groups in total. The predicted octanol–water partition coefficient (Wildman–Crippen LogP) is 2.58. The minimum Gasteiger partial charge on any atom is -0.497 e. The van der Waals surface area contributed by atoms with E-state index in [-0.39, 0.29) is 30.0 Å². The average Bonchev–Trinajstić information content (AvgIpc) is 3.02. The SMILES string of the molecule is COc1cc(F)c(C2CC(=O)N(c3cccn(CC(O)C(F)(F)F)c3=O)C2)c(F)c1. The molecule has 11 heteroatoms. The molecule has 1 amide bonds. The van der Waals surface area contributed by atoms with Gasteiger partial charge in [-0.05, 0) is 12.1 Å². The van der Waals surface area contributed by atoms with Gasteiger partial charge in [0.2, 0.25) is 5.91 Å². The van der Waals surface area contributed by atoms with Gasteiger partial charge in [-0.1, -0.05) is 0 Å². The van der Waals surface area contributed by atoms with Crippen LogP contribution in [-0.2, 0) is 11.3 Å². The Bertz CT molecular complexity index is 998. The van der Waals surface area contributed by atoms with E-state index in [0.717, 1.165) is 23.2 Å². The Labute approximate surface area is 167 Å². The number of halogens is 5. The maximum atomic E-state index is 14.4. The number of aromatic nitrogens is 1. The van der Waals surface area contributed by atoms with Crippen LogP contribution >= 0.6 is 0 Å². The number of carbonyl (C=O) groups is 1. The standard InChI is InChI=1S/C19H17F5N2O4/c1-30-11-6-12(20)17(13(21)7-11)10-5-16(28)26(8-10)14-3-2-4-25(18(14)29)9-15(27)19(22,23)24/h2-4,6-7,10,15,27H,5,8-9H2,1H3. The van der Waals surface area contributed by atoms with Gasteiger partial charge in [0.1, 0.15) is 23.1 Å². The van der Waals surface area contributed by atoms with Gasteiger partial charge in [-0.25, -0.2) is 8.78 Å². The lowest BCUT2D eigenvalue weighted by atomic mass is 9.97. The van der Waals surface area contributed by atoms with E-state index in [0.29, 0.717) is 4.57 Å². The summed E-state index contributed by atoms with van der Waals surface area (Å²) in [5, 5.41) is 9.21. The summed E-state index contributed by atoms with van der Waals surface area (Å²) in [5.74, 6) is -3.38. The monoisotopic (exact) mass is 432 g/mol. The number of hydrogen-bond acceptors (Lipinski definition) is 4. The zero-order chi connectivity index (χ0) is 22.2. The highest BCUT2D eigenvalue weighted by atomic mass is 19.4. The molecular formula is C19H17F5N2O4. The van der Waals surface area contributed by atoms with Crippen LogP contribution in [0.2, 0.25) is 0 Å². The number of rotatable bonds is 5. The number of carbonyl (C=O) groups excluding carboxylic acids is 1. The fraction of sp³-hybridized carbons (Fsp3) is 0.368. The van der Waals surface area contributed by atoms with Gasteiger partial charge in [0.25, 0.3) is 5.56 Å². The Morgan fingerprint density at radius 1 is 1.23 bits per heavy atom. The van der Waals surface area contributed by atoms with Crippen molar-refractivity contribution >= 4 is 11.6 Å². The molecule has 3 rings (SSSR count). The fourth-order valence-corrected chi connectivity index (χ4v) is 3.37. The first-order chi connectivity index (χ1) is 14.0. The molecule has 1 fully saturated rings. The third kappa shape index (κ3) is 4.16. The van der Waals surface area contributed by atoms with Crippen LogP contribution in [0.1, 0.15) is 17.9 Å². The predicted molar refractivity (Wildman–Crippen MR) is 95.4 cm³/mol. The number of amides is 1. The Kier molecular flexibility index (Phi) is 5.84.